The third-order valence-corrected chi connectivity index (χ3v) is 6.17. The van der Waals surface area contributed by atoms with Gasteiger partial charge in [0.2, 0.25) is 0 Å². The Labute approximate surface area is 180 Å². The molecule has 1 atom stereocenters. The second-order valence-electron chi connectivity index (χ2n) is 7.69. The Morgan fingerprint density at radius 1 is 1.13 bits per heavy atom. The van der Waals surface area contributed by atoms with Crippen LogP contribution in [0.4, 0.5) is 0 Å². The zero-order chi connectivity index (χ0) is 21.4. The number of benzene rings is 2. The Bertz CT molecular complexity index is 1020. The first-order chi connectivity index (χ1) is 14.4. The van der Waals surface area contributed by atoms with E-state index in [1.54, 1.807) is 31.3 Å². The van der Waals surface area contributed by atoms with Gasteiger partial charge >= 0.3 is 0 Å². The van der Waals surface area contributed by atoms with Gasteiger partial charge in [-0.05, 0) is 53.3 Å². The standard InChI is InChI=1S/C23H24ClNO5/c1-13-8-17(26)23-18(5-4-16(24)22(13)23)30-12-21(27)25-7-6-14-9-19(28-2)20(29-3)10-15(14)11-25/h4-5,9-10,13H,6-8,11-12H2,1-3H3. The number of ether oxygens (including phenoxy) is 3. The Kier molecular flexibility index (Phi) is 5.60. The second-order valence-corrected chi connectivity index (χ2v) is 8.10. The van der Waals surface area contributed by atoms with Crippen molar-refractivity contribution in [3.05, 3.63) is 51.5 Å². The largest absolute Gasteiger partial charge is 0.493 e. The van der Waals surface area contributed by atoms with Crippen molar-refractivity contribution in [3.8, 4) is 17.2 Å². The summed E-state index contributed by atoms with van der Waals surface area (Å²) in [6.07, 6.45) is 1.14. The highest BCUT2D eigenvalue weighted by Crippen LogP contribution is 2.42. The molecule has 158 valence electrons. The van der Waals surface area contributed by atoms with Crippen LogP contribution in [0.25, 0.3) is 0 Å². The van der Waals surface area contributed by atoms with E-state index in [4.69, 9.17) is 25.8 Å². The van der Waals surface area contributed by atoms with Crippen LogP contribution in [-0.2, 0) is 17.8 Å². The van der Waals surface area contributed by atoms with Crippen molar-refractivity contribution in [2.75, 3.05) is 27.4 Å². The molecule has 1 aliphatic carbocycles. The molecule has 0 spiro atoms. The molecule has 2 aliphatic rings. The molecular formula is C23H24ClNO5. The summed E-state index contributed by atoms with van der Waals surface area (Å²) in [5.41, 5.74) is 3.51. The summed E-state index contributed by atoms with van der Waals surface area (Å²) in [5, 5.41) is 0.569. The van der Waals surface area contributed by atoms with Gasteiger partial charge in [0.25, 0.3) is 5.91 Å². The summed E-state index contributed by atoms with van der Waals surface area (Å²) in [4.78, 5) is 27.0. The highest BCUT2D eigenvalue weighted by atomic mass is 35.5. The lowest BCUT2D eigenvalue weighted by Crippen LogP contribution is -2.39. The van der Waals surface area contributed by atoms with Crippen molar-refractivity contribution in [3.63, 3.8) is 0 Å². The van der Waals surface area contributed by atoms with Crippen LogP contribution in [0.5, 0.6) is 17.2 Å². The number of hydrogen-bond acceptors (Lipinski definition) is 5. The monoisotopic (exact) mass is 429 g/mol. The fourth-order valence-corrected chi connectivity index (χ4v) is 4.62. The van der Waals surface area contributed by atoms with Gasteiger partial charge in [0.1, 0.15) is 5.75 Å². The molecule has 2 aromatic rings. The molecule has 2 aromatic carbocycles. The number of amides is 1. The minimum atomic E-state index is -0.127. The summed E-state index contributed by atoms with van der Waals surface area (Å²) >= 11 is 6.28. The van der Waals surface area contributed by atoms with Gasteiger partial charge in [-0.3, -0.25) is 9.59 Å². The maximum atomic E-state index is 12.8. The number of methoxy groups -OCH3 is 2. The van der Waals surface area contributed by atoms with Gasteiger partial charge in [-0.15, -0.1) is 0 Å². The van der Waals surface area contributed by atoms with Crippen molar-refractivity contribution in [1.82, 2.24) is 4.90 Å². The summed E-state index contributed by atoms with van der Waals surface area (Å²) in [5.74, 6) is 1.71. The van der Waals surface area contributed by atoms with E-state index in [0.717, 1.165) is 23.1 Å². The number of ketones is 1. The molecule has 1 aliphatic heterocycles. The van der Waals surface area contributed by atoms with E-state index in [2.05, 4.69) is 0 Å². The molecule has 0 aromatic heterocycles. The Morgan fingerprint density at radius 2 is 1.83 bits per heavy atom. The quantitative estimate of drug-likeness (QED) is 0.718. The van der Waals surface area contributed by atoms with Crippen LogP contribution in [0, 0.1) is 0 Å². The maximum absolute atomic E-state index is 12.8. The zero-order valence-electron chi connectivity index (χ0n) is 17.3. The molecule has 4 rings (SSSR count). The molecular weight excluding hydrogens is 406 g/mol. The summed E-state index contributed by atoms with van der Waals surface area (Å²) in [6.45, 7) is 2.92. The molecule has 1 heterocycles. The molecule has 1 unspecified atom stereocenters. The number of Topliss-reactive ketones (excluding diaryl/α,β-unsaturated/α-hetero) is 1. The molecule has 30 heavy (non-hydrogen) atoms. The number of hydrogen-bond donors (Lipinski definition) is 0. The lowest BCUT2D eigenvalue weighted by Gasteiger charge is -2.29. The number of fused-ring (bicyclic) bond motifs is 2. The molecule has 0 radical (unpaired) electrons. The average Bonchev–Trinajstić information content (AvgIpc) is 3.06. The van der Waals surface area contributed by atoms with E-state index >= 15 is 0 Å². The van der Waals surface area contributed by atoms with Gasteiger partial charge in [0.15, 0.2) is 23.9 Å². The number of rotatable bonds is 5. The van der Waals surface area contributed by atoms with Gasteiger partial charge in [0.05, 0.1) is 19.8 Å². The molecule has 0 bridgehead atoms. The molecule has 1 amide bonds. The van der Waals surface area contributed by atoms with Crippen LogP contribution in [0.1, 0.15) is 46.3 Å². The number of nitrogens with zero attached hydrogens (tertiary/aromatic N) is 1. The summed E-state index contributed by atoms with van der Waals surface area (Å²) < 4.78 is 16.5. The van der Waals surface area contributed by atoms with Crippen LogP contribution >= 0.6 is 11.6 Å². The van der Waals surface area contributed by atoms with Gasteiger partial charge < -0.3 is 19.1 Å². The predicted molar refractivity (Wildman–Crippen MR) is 113 cm³/mol. The van der Waals surface area contributed by atoms with E-state index in [-0.39, 0.29) is 24.2 Å². The van der Waals surface area contributed by atoms with E-state index in [1.807, 2.05) is 19.1 Å². The van der Waals surface area contributed by atoms with Crippen LogP contribution in [0.2, 0.25) is 5.02 Å². The average molecular weight is 430 g/mol. The lowest BCUT2D eigenvalue weighted by atomic mass is 9.99. The summed E-state index contributed by atoms with van der Waals surface area (Å²) in [7, 11) is 3.20. The lowest BCUT2D eigenvalue weighted by molar-refractivity contribution is -0.134. The highest BCUT2D eigenvalue weighted by Gasteiger charge is 2.32. The highest BCUT2D eigenvalue weighted by molar-refractivity contribution is 6.32. The van der Waals surface area contributed by atoms with E-state index in [0.29, 0.717) is 47.3 Å². The van der Waals surface area contributed by atoms with Gasteiger partial charge in [-0.25, -0.2) is 0 Å². The van der Waals surface area contributed by atoms with Crippen molar-refractivity contribution < 1.29 is 23.8 Å². The third-order valence-electron chi connectivity index (χ3n) is 5.84. The fraction of sp³-hybridized carbons (Fsp3) is 0.391. The van der Waals surface area contributed by atoms with Crippen molar-refractivity contribution in [2.24, 2.45) is 0 Å². The third kappa shape index (κ3) is 3.60. The van der Waals surface area contributed by atoms with Crippen molar-refractivity contribution in [2.45, 2.75) is 32.2 Å². The van der Waals surface area contributed by atoms with Gasteiger partial charge in [-0.2, -0.15) is 0 Å². The SMILES string of the molecule is COc1cc2c(cc1OC)CN(C(=O)COc1ccc(Cl)c3c1C(=O)CC3C)CC2. The fourth-order valence-electron chi connectivity index (χ4n) is 4.27. The maximum Gasteiger partial charge on any atom is 0.260 e. The number of carbonyl (C=O) groups excluding carboxylic acids is 2. The number of carbonyl (C=O) groups is 2. The first-order valence-electron chi connectivity index (χ1n) is 9.92. The topological polar surface area (TPSA) is 65.1 Å². The van der Waals surface area contributed by atoms with Gasteiger partial charge in [0, 0.05) is 24.5 Å². The number of halogens is 1. The first-order valence-corrected chi connectivity index (χ1v) is 10.3. The second kappa shape index (κ2) is 8.19. The zero-order valence-corrected chi connectivity index (χ0v) is 18.0. The van der Waals surface area contributed by atoms with Crippen molar-refractivity contribution >= 4 is 23.3 Å². The van der Waals surface area contributed by atoms with Crippen molar-refractivity contribution in [1.29, 1.82) is 0 Å². The van der Waals surface area contributed by atoms with E-state index < -0.39 is 0 Å². The summed E-state index contributed by atoms with van der Waals surface area (Å²) in [6, 6.07) is 7.29. The smallest absolute Gasteiger partial charge is 0.260 e. The molecule has 0 N–H and O–H groups in total. The predicted octanol–water partition coefficient (Wildman–Crippen LogP) is 4.01. The van der Waals surface area contributed by atoms with Crippen LogP contribution in [-0.4, -0.2) is 44.0 Å². The first kappa shape index (κ1) is 20.5. The molecule has 7 heteroatoms. The molecule has 6 nitrogen and oxygen atoms in total. The molecule has 0 saturated carbocycles. The molecule has 0 saturated heterocycles. The van der Waals surface area contributed by atoms with Gasteiger partial charge in [-0.1, -0.05) is 18.5 Å². The Hall–Kier alpha value is -2.73. The Balaban J connectivity index is 1.47. The van der Waals surface area contributed by atoms with Crippen LogP contribution < -0.4 is 14.2 Å². The van der Waals surface area contributed by atoms with Crippen LogP contribution in [0.15, 0.2) is 24.3 Å². The normalized spacial score (nSPS) is 17.4. The van der Waals surface area contributed by atoms with Crippen LogP contribution in [0.3, 0.4) is 0 Å². The minimum absolute atomic E-state index is 0.00962. The van der Waals surface area contributed by atoms with E-state index in [1.165, 1.54) is 0 Å². The minimum Gasteiger partial charge on any atom is -0.493 e. The van der Waals surface area contributed by atoms with E-state index in [9.17, 15) is 9.59 Å². The Morgan fingerprint density at radius 3 is 2.53 bits per heavy atom. The molecule has 0 fully saturated rings.